The number of imidazole rings is 1. The van der Waals surface area contributed by atoms with Crippen molar-refractivity contribution in [3.05, 3.63) is 78.6 Å². The Kier molecular flexibility index (Phi) is 7.81. The molecule has 3 N–H and O–H groups in total. The lowest BCUT2D eigenvalue weighted by molar-refractivity contribution is -0.120. The number of amides is 1. The summed E-state index contributed by atoms with van der Waals surface area (Å²) in [7, 11) is -3.20. The number of H-pyrrole nitrogens is 2. The van der Waals surface area contributed by atoms with Gasteiger partial charge in [0.1, 0.15) is 21.3 Å². The van der Waals surface area contributed by atoms with Crippen LogP contribution in [0, 0.1) is 11.7 Å². The molecule has 4 heterocycles. The van der Waals surface area contributed by atoms with Gasteiger partial charge in [0.25, 0.3) is 0 Å². The fraction of sp³-hybridized carbons (Fsp3) is 0.265. The van der Waals surface area contributed by atoms with Gasteiger partial charge in [-0.05, 0) is 66.3 Å². The summed E-state index contributed by atoms with van der Waals surface area (Å²) < 4.78 is 38.0. The number of fused-ring (bicyclic) bond motifs is 2. The van der Waals surface area contributed by atoms with Gasteiger partial charge in [0.15, 0.2) is 5.82 Å². The summed E-state index contributed by atoms with van der Waals surface area (Å²) in [5, 5.41) is 11.5. The van der Waals surface area contributed by atoms with Crippen molar-refractivity contribution in [2.24, 2.45) is 5.92 Å². The summed E-state index contributed by atoms with van der Waals surface area (Å²) in [6.07, 6.45) is 13.3. The molecule has 12 heteroatoms. The van der Waals surface area contributed by atoms with Crippen LogP contribution in [0.5, 0.6) is 0 Å². The van der Waals surface area contributed by atoms with E-state index < -0.39 is 15.7 Å². The number of nitrogens with one attached hydrogen (secondary N) is 3. The number of nitrogens with zero attached hydrogens (tertiary/aromatic N) is 4. The Morgan fingerprint density at radius 3 is 2.59 bits per heavy atom. The van der Waals surface area contributed by atoms with Crippen LogP contribution in [0.2, 0.25) is 0 Å². The van der Waals surface area contributed by atoms with Crippen molar-refractivity contribution >= 4 is 43.4 Å². The molecule has 2 aromatic carbocycles. The van der Waals surface area contributed by atoms with Gasteiger partial charge in [-0.1, -0.05) is 31.4 Å². The van der Waals surface area contributed by atoms with Gasteiger partial charge >= 0.3 is 0 Å². The molecule has 0 aliphatic heterocycles. The van der Waals surface area contributed by atoms with E-state index in [-0.39, 0.29) is 24.0 Å². The highest BCUT2D eigenvalue weighted by molar-refractivity contribution is 7.90. The van der Waals surface area contributed by atoms with E-state index in [1.165, 1.54) is 18.6 Å². The Balaban J connectivity index is 1.21. The number of aromatic amines is 2. The Morgan fingerprint density at radius 1 is 0.935 bits per heavy atom. The molecule has 1 aliphatic rings. The minimum atomic E-state index is -3.20. The summed E-state index contributed by atoms with van der Waals surface area (Å²) in [5.41, 5.74) is 6.79. The number of hydrogen-bond acceptors (Lipinski definition) is 7. The first-order valence-electron chi connectivity index (χ1n) is 15.3. The van der Waals surface area contributed by atoms with E-state index in [2.05, 4.69) is 30.5 Å². The molecule has 234 valence electrons. The van der Waals surface area contributed by atoms with Crippen LogP contribution < -0.4 is 5.32 Å². The quantitative estimate of drug-likeness (QED) is 0.173. The van der Waals surface area contributed by atoms with Crippen LogP contribution in [0.3, 0.4) is 0 Å². The molecule has 1 amide bonds. The monoisotopic (exact) mass is 637 g/mol. The standard InChI is InChI=1S/C34H32FN7O3S/c1-46(44,45)10-9-20-11-23(13-25(35)12-20)28-18-37-19-30-31(28)40-33(39-30)32-27-15-22(7-8-29(27)41-42-32)24-14-26(17-36-16-24)38-34(43)21-5-3-2-4-6-21/h7-8,11-19,21H,2-6,9-10H2,1H3,(H,38,43)(H,39,40)(H,41,42). The van der Waals surface area contributed by atoms with Crippen molar-refractivity contribution in [3.63, 3.8) is 0 Å². The maximum atomic E-state index is 14.6. The van der Waals surface area contributed by atoms with Crippen molar-refractivity contribution in [2.75, 3.05) is 17.3 Å². The third-order valence-corrected chi connectivity index (χ3v) is 9.47. The van der Waals surface area contributed by atoms with Gasteiger partial charge in [-0.3, -0.25) is 19.9 Å². The van der Waals surface area contributed by atoms with Crippen LogP contribution in [-0.4, -0.2) is 56.5 Å². The number of anilines is 1. The molecule has 7 rings (SSSR count). The highest BCUT2D eigenvalue weighted by Gasteiger charge is 2.22. The van der Waals surface area contributed by atoms with Crippen molar-refractivity contribution in [3.8, 4) is 33.8 Å². The van der Waals surface area contributed by atoms with Crippen LogP contribution in [0.1, 0.15) is 37.7 Å². The van der Waals surface area contributed by atoms with Gasteiger partial charge in [-0.2, -0.15) is 5.10 Å². The molecule has 1 aliphatic carbocycles. The second-order valence-corrected chi connectivity index (χ2v) is 14.3. The fourth-order valence-corrected chi connectivity index (χ4v) is 6.77. The summed E-state index contributed by atoms with van der Waals surface area (Å²) >= 11 is 0. The van der Waals surface area contributed by atoms with Gasteiger partial charge in [0.2, 0.25) is 5.91 Å². The lowest BCUT2D eigenvalue weighted by atomic mass is 9.88. The number of rotatable bonds is 8. The van der Waals surface area contributed by atoms with E-state index in [0.29, 0.717) is 44.9 Å². The maximum Gasteiger partial charge on any atom is 0.227 e. The number of aryl methyl sites for hydroxylation is 1. The molecule has 0 spiro atoms. The number of halogens is 1. The summed E-state index contributed by atoms with van der Waals surface area (Å²) in [6, 6.07) is 12.4. The molecule has 0 radical (unpaired) electrons. The largest absolute Gasteiger partial charge is 0.335 e. The lowest BCUT2D eigenvalue weighted by Crippen LogP contribution is -2.24. The maximum absolute atomic E-state index is 14.6. The first-order chi connectivity index (χ1) is 22.2. The van der Waals surface area contributed by atoms with E-state index in [1.54, 1.807) is 30.9 Å². The number of carbonyl (C=O) groups excluding carboxylic acids is 1. The van der Waals surface area contributed by atoms with E-state index in [4.69, 9.17) is 4.98 Å². The normalized spacial score (nSPS) is 14.2. The molecule has 0 unspecified atom stereocenters. The van der Waals surface area contributed by atoms with Crippen molar-refractivity contribution in [2.45, 2.75) is 38.5 Å². The van der Waals surface area contributed by atoms with Crippen LogP contribution >= 0.6 is 0 Å². The van der Waals surface area contributed by atoms with Crippen LogP contribution in [0.4, 0.5) is 10.1 Å². The first-order valence-corrected chi connectivity index (χ1v) is 17.3. The molecule has 1 fully saturated rings. The average Bonchev–Trinajstić information content (AvgIpc) is 3.68. The number of hydrogen-bond donors (Lipinski definition) is 3. The zero-order valence-corrected chi connectivity index (χ0v) is 26.0. The van der Waals surface area contributed by atoms with E-state index in [9.17, 15) is 17.6 Å². The van der Waals surface area contributed by atoms with E-state index in [0.717, 1.165) is 54.0 Å². The molecule has 46 heavy (non-hydrogen) atoms. The molecule has 1 saturated carbocycles. The minimum absolute atomic E-state index is 0.0459. The third-order valence-electron chi connectivity index (χ3n) is 8.53. The summed E-state index contributed by atoms with van der Waals surface area (Å²) in [6.45, 7) is 0. The molecule has 6 aromatic rings. The van der Waals surface area contributed by atoms with E-state index in [1.807, 2.05) is 24.3 Å². The van der Waals surface area contributed by atoms with E-state index >= 15 is 0 Å². The Bertz CT molecular complexity index is 2200. The van der Waals surface area contributed by atoms with Gasteiger partial charge in [0, 0.05) is 41.1 Å². The molecule has 4 aromatic heterocycles. The topological polar surface area (TPSA) is 146 Å². The zero-order valence-electron chi connectivity index (χ0n) is 25.2. The minimum Gasteiger partial charge on any atom is -0.335 e. The number of carbonyl (C=O) groups is 1. The van der Waals surface area contributed by atoms with Crippen LogP contribution in [-0.2, 0) is 21.1 Å². The third kappa shape index (κ3) is 6.25. The average molecular weight is 638 g/mol. The van der Waals surface area contributed by atoms with Gasteiger partial charge in [-0.25, -0.2) is 17.8 Å². The predicted octanol–water partition coefficient (Wildman–Crippen LogP) is 6.48. The highest BCUT2D eigenvalue weighted by atomic mass is 32.2. The molecule has 10 nitrogen and oxygen atoms in total. The van der Waals surface area contributed by atoms with Gasteiger partial charge in [0.05, 0.1) is 40.4 Å². The van der Waals surface area contributed by atoms with Crippen molar-refractivity contribution in [1.82, 2.24) is 30.1 Å². The number of benzene rings is 2. The van der Waals surface area contributed by atoms with Crippen molar-refractivity contribution in [1.29, 1.82) is 0 Å². The first kappa shape index (κ1) is 29.7. The zero-order chi connectivity index (χ0) is 31.8. The SMILES string of the molecule is CS(=O)(=O)CCc1cc(F)cc(-c2cncc3[nH]c(-c4n[nH]c5ccc(-c6cncc(NC(=O)C7CCCCC7)c6)cc45)nc23)c1. The summed E-state index contributed by atoms with van der Waals surface area (Å²) in [4.78, 5) is 29.7. The Labute approximate surface area is 264 Å². The van der Waals surface area contributed by atoms with Crippen LogP contribution in [0.15, 0.2) is 67.3 Å². The molecular weight excluding hydrogens is 605 g/mol. The molecule has 0 bridgehead atoms. The predicted molar refractivity (Wildman–Crippen MR) is 176 cm³/mol. The Morgan fingerprint density at radius 2 is 1.76 bits per heavy atom. The highest BCUT2D eigenvalue weighted by Crippen LogP contribution is 2.34. The number of aromatic nitrogens is 6. The van der Waals surface area contributed by atoms with Gasteiger partial charge in [-0.15, -0.1) is 0 Å². The summed E-state index contributed by atoms with van der Waals surface area (Å²) in [5.74, 6) is 0.0619. The smallest absolute Gasteiger partial charge is 0.227 e. The second-order valence-electron chi connectivity index (χ2n) is 12.0. The number of sulfone groups is 1. The number of pyridine rings is 2. The van der Waals surface area contributed by atoms with Gasteiger partial charge < -0.3 is 10.3 Å². The van der Waals surface area contributed by atoms with Crippen LogP contribution in [0.25, 0.3) is 55.7 Å². The molecule has 0 atom stereocenters. The van der Waals surface area contributed by atoms with Crippen molar-refractivity contribution < 1.29 is 17.6 Å². The Hall–Kier alpha value is -4.97. The molecular formula is C34H32FN7O3S. The lowest BCUT2D eigenvalue weighted by Gasteiger charge is -2.20. The second kappa shape index (κ2) is 12.1. The molecule has 0 saturated heterocycles. The fourth-order valence-electron chi connectivity index (χ4n) is 6.16.